The van der Waals surface area contributed by atoms with E-state index in [1.54, 1.807) is 7.11 Å². The number of carbonyl (C=O) groups excluding carboxylic acids is 1. The molecule has 1 N–H and O–H groups in total. The number of amides is 1. The zero-order chi connectivity index (χ0) is 30.2. The number of fused-ring (bicyclic) bond motifs is 2. The lowest BCUT2D eigenvalue weighted by Crippen LogP contribution is -2.39. The van der Waals surface area contributed by atoms with Crippen molar-refractivity contribution in [3.8, 4) is 5.75 Å². The van der Waals surface area contributed by atoms with Crippen LogP contribution in [0.25, 0.3) is 0 Å². The molecule has 2 bridgehead atoms. The molecule has 224 valence electrons. The summed E-state index contributed by atoms with van der Waals surface area (Å²) in [5.74, 6) is -4.40. The molecule has 0 aromatic heterocycles. The van der Waals surface area contributed by atoms with Gasteiger partial charge in [0.2, 0.25) is 0 Å². The van der Waals surface area contributed by atoms with Crippen LogP contribution in [0.15, 0.2) is 59.5 Å². The van der Waals surface area contributed by atoms with E-state index in [1.807, 2.05) is 24.3 Å². The second-order valence-electron chi connectivity index (χ2n) is 11.2. The largest absolute Gasteiger partial charge is 0.497 e. The molecule has 6 nitrogen and oxygen atoms in total. The van der Waals surface area contributed by atoms with Gasteiger partial charge in [-0.25, -0.2) is 21.6 Å². The number of rotatable bonds is 9. The fraction of sp³-hybridized carbons (Fsp3) is 0.387. The molecule has 5 atom stereocenters. The molecule has 0 spiro atoms. The Bertz CT molecular complexity index is 1560. The van der Waals surface area contributed by atoms with Gasteiger partial charge in [0.25, 0.3) is 5.91 Å². The Morgan fingerprint density at radius 3 is 2.33 bits per heavy atom. The first-order chi connectivity index (χ1) is 20.0. The fourth-order valence-electron chi connectivity index (χ4n) is 6.49. The zero-order valence-corrected chi connectivity index (χ0v) is 24.7. The van der Waals surface area contributed by atoms with Crippen LogP contribution in [0.3, 0.4) is 0 Å². The SMILES string of the molecule is COc1ccc(COC[C@@H]2CC3C(S(=O)(=O)c4cc(C(=O)Nc5cc(F)c(F)c(F)c5)ccc4Cl)[C@H](C2)C[C@@H]3C)cc1. The first-order valence-corrected chi connectivity index (χ1v) is 15.6. The second-order valence-corrected chi connectivity index (χ2v) is 13.7. The van der Waals surface area contributed by atoms with E-state index >= 15 is 0 Å². The smallest absolute Gasteiger partial charge is 0.255 e. The minimum atomic E-state index is -3.94. The first kappa shape index (κ1) is 30.4. The summed E-state index contributed by atoms with van der Waals surface area (Å²) < 4.78 is 79.8. The summed E-state index contributed by atoms with van der Waals surface area (Å²) in [6.07, 6.45) is 2.17. The van der Waals surface area contributed by atoms with Gasteiger partial charge in [0.05, 0.1) is 28.9 Å². The van der Waals surface area contributed by atoms with Crippen molar-refractivity contribution in [3.63, 3.8) is 0 Å². The molecule has 5 rings (SSSR count). The molecule has 3 aromatic rings. The maximum atomic E-state index is 14.0. The van der Waals surface area contributed by atoms with Gasteiger partial charge in [-0.2, -0.15) is 0 Å². The number of benzene rings is 3. The van der Waals surface area contributed by atoms with Crippen molar-refractivity contribution in [1.82, 2.24) is 0 Å². The van der Waals surface area contributed by atoms with Crippen LogP contribution in [-0.4, -0.2) is 33.3 Å². The van der Waals surface area contributed by atoms with E-state index in [1.165, 1.54) is 18.2 Å². The van der Waals surface area contributed by atoms with E-state index in [4.69, 9.17) is 21.1 Å². The van der Waals surface area contributed by atoms with Gasteiger partial charge in [0.15, 0.2) is 27.3 Å². The summed E-state index contributed by atoms with van der Waals surface area (Å²) in [6.45, 7) is 3.05. The number of carbonyl (C=O) groups is 1. The van der Waals surface area contributed by atoms with E-state index in [0.717, 1.165) is 17.7 Å². The van der Waals surface area contributed by atoms with Crippen LogP contribution in [-0.2, 0) is 21.2 Å². The van der Waals surface area contributed by atoms with Gasteiger partial charge in [-0.1, -0.05) is 30.7 Å². The minimum absolute atomic E-state index is 0.0116. The Morgan fingerprint density at radius 2 is 1.69 bits per heavy atom. The van der Waals surface area contributed by atoms with E-state index in [2.05, 4.69) is 12.2 Å². The third-order valence-corrected chi connectivity index (χ3v) is 11.3. The number of methoxy groups -OCH3 is 1. The van der Waals surface area contributed by atoms with Crippen LogP contribution in [0, 0.1) is 41.1 Å². The summed E-state index contributed by atoms with van der Waals surface area (Å²) >= 11 is 6.37. The van der Waals surface area contributed by atoms with Crippen molar-refractivity contribution in [2.24, 2.45) is 23.7 Å². The molecule has 42 heavy (non-hydrogen) atoms. The number of sulfone groups is 1. The Hall–Kier alpha value is -3.08. The Balaban J connectivity index is 1.29. The number of hydrogen-bond donors (Lipinski definition) is 1. The number of hydrogen-bond acceptors (Lipinski definition) is 5. The van der Waals surface area contributed by atoms with Crippen molar-refractivity contribution >= 4 is 33.0 Å². The third kappa shape index (κ3) is 6.16. The molecule has 2 aliphatic rings. The molecule has 11 heteroatoms. The maximum absolute atomic E-state index is 14.0. The molecule has 1 amide bonds. The molecule has 2 unspecified atom stereocenters. The van der Waals surface area contributed by atoms with Crippen molar-refractivity contribution in [2.75, 3.05) is 19.0 Å². The first-order valence-electron chi connectivity index (χ1n) is 13.7. The van der Waals surface area contributed by atoms with Gasteiger partial charge in [-0.15, -0.1) is 0 Å². The molecule has 2 saturated carbocycles. The summed E-state index contributed by atoms with van der Waals surface area (Å²) in [5.41, 5.74) is 0.649. The van der Waals surface area contributed by atoms with Crippen LogP contribution in [0.1, 0.15) is 42.1 Å². The normalized spacial score (nSPS) is 23.5. The summed E-state index contributed by atoms with van der Waals surface area (Å²) in [5, 5.41) is 1.62. The number of halogens is 4. The number of nitrogens with one attached hydrogen (secondary N) is 1. The highest BCUT2D eigenvalue weighted by molar-refractivity contribution is 7.92. The zero-order valence-electron chi connectivity index (χ0n) is 23.1. The number of ether oxygens (including phenoxy) is 2. The topological polar surface area (TPSA) is 81.7 Å². The molecule has 2 fully saturated rings. The predicted molar refractivity (Wildman–Crippen MR) is 153 cm³/mol. The lowest BCUT2D eigenvalue weighted by molar-refractivity contribution is 0.0611. The molecule has 0 saturated heterocycles. The van der Waals surface area contributed by atoms with Crippen molar-refractivity contribution in [1.29, 1.82) is 0 Å². The maximum Gasteiger partial charge on any atom is 0.255 e. The molecule has 0 radical (unpaired) electrons. The highest BCUT2D eigenvalue weighted by Crippen LogP contribution is 2.52. The minimum Gasteiger partial charge on any atom is -0.497 e. The van der Waals surface area contributed by atoms with Crippen LogP contribution in [0.5, 0.6) is 5.75 Å². The lowest BCUT2D eigenvalue weighted by Gasteiger charge is -2.35. The van der Waals surface area contributed by atoms with Crippen LogP contribution in [0.4, 0.5) is 18.9 Å². The highest BCUT2D eigenvalue weighted by atomic mass is 35.5. The van der Waals surface area contributed by atoms with Crippen molar-refractivity contribution in [2.45, 2.75) is 42.9 Å². The Kier molecular flexibility index (Phi) is 8.87. The monoisotopic (exact) mass is 621 g/mol. The van der Waals surface area contributed by atoms with Gasteiger partial charge in [0, 0.05) is 30.0 Å². The van der Waals surface area contributed by atoms with Gasteiger partial charge in [-0.3, -0.25) is 4.79 Å². The fourth-order valence-corrected chi connectivity index (χ4v) is 9.42. The lowest BCUT2D eigenvalue weighted by atomic mass is 9.80. The second kappa shape index (κ2) is 12.3. The Morgan fingerprint density at radius 1 is 1.00 bits per heavy atom. The van der Waals surface area contributed by atoms with E-state index in [-0.39, 0.29) is 44.8 Å². The van der Waals surface area contributed by atoms with Crippen molar-refractivity contribution < 1.29 is 35.9 Å². The van der Waals surface area contributed by atoms with Crippen LogP contribution in [0.2, 0.25) is 5.02 Å². The van der Waals surface area contributed by atoms with E-state index in [0.29, 0.717) is 38.2 Å². The molecule has 3 aromatic carbocycles. The average Bonchev–Trinajstić information content (AvgIpc) is 3.17. The highest BCUT2D eigenvalue weighted by Gasteiger charge is 2.53. The van der Waals surface area contributed by atoms with Gasteiger partial charge in [-0.05, 0) is 78.8 Å². The van der Waals surface area contributed by atoms with E-state index < -0.39 is 38.4 Å². The predicted octanol–water partition coefficient (Wildman–Crippen LogP) is 7.06. The molecule has 0 heterocycles. The molecular formula is C31H31ClF3NO5S. The van der Waals surface area contributed by atoms with Crippen LogP contribution < -0.4 is 10.1 Å². The standard InChI is InChI=1S/C31H31ClF3NO5S/c1-17-9-21-10-19(16-41-15-18-3-6-23(40-2)7-4-18)11-24(17)30(21)42(38,39)28-12-20(5-8-25(28)32)31(37)36-22-13-26(33)29(35)27(34)14-22/h3-8,12-14,17,19,21,24,30H,9-11,15-16H2,1-2H3,(H,36,37)/t17-,19-,21-,24?,30?/m0/s1. The summed E-state index contributed by atoms with van der Waals surface area (Å²) in [7, 11) is -2.32. The molecular weight excluding hydrogens is 591 g/mol. The number of anilines is 1. The molecule has 0 aliphatic heterocycles. The quantitative estimate of drug-likeness (QED) is 0.259. The van der Waals surface area contributed by atoms with Gasteiger partial charge < -0.3 is 14.8 Å². The average molecular weight is 622 g/mol. The summed E-state index contributed by atoms with van der Waals surface area (Å²) in [6, 6.07) is 12.8. The summed E-state index contributed by atoms with van der Waals surface area (Å²) in [4.78, 5) is 12.7. The van der Waals surface area contributed by atoms with Crippen molar-refractivity contribution in [3.05, 3.63) is 88.2 Å². The Labute approximate surface area is 248 Å². The van der Waals surface area contributed by atoms with Gasteiger partial charge in [0.1, 0.15) is 5.75 Å². The molecule has 2 aliphatic carbocycles. The van der Waals surface area contributed by atoms with Gasteiger partial charge >= 0.3 is 0 Å². The van der Waals surface area contributed by atoms with Crippen LogP contribution >= 0.6 is 11.6 Å². The van der Waals surface area contributed by atoms with E-state index in [9.17, 15) is 26.4 Å². The third-order valence-electron chi connectivity index (χ3n) is 8.41.